The van der Waals surface area contributed by atoms with Crippen LogP contribution in [0.5, 0.6) is 0 Å². The molecule has 25 heavy (non-hydrogen) atoms. The van der Waals surface area contributed by atoms with Crippen molar-refractivity contribution in [2.24, 2.45) is 5.41 Å². The molecular weight excluding hydrogens is 326 g/mol. The highest BCUT2D eigenvalue weighted by Crippen LogP contribution is 2.61. The molecule has 0 radical (unpaired) electrons. The number of aromatic nitrogens is 2. The van der Waals surface area contributed by atoms with Crippen molar-refractivity contribution in [1.82, 2.24) is 9.97 Å². The molecule has 1 aliphatic carbocycles. The van der Waals surface area contributed by atoms with Gasteiger partial charge in [-0.1, -0.05) is 32.3 Å². The van der Waals surface area contributed by atoms with Crippen LogP contribution < -0.4 is 0 Å². The summed E-state index contributed by atoms with van der Waals surface area (Å²) >= 11 is 0. The van der Waals surface area contributed by atoms with Crippen LogP contribution in [0.4, 0.5) is 8.78 Å². The number of halogens is 2. The molecule has 2 rings (SSSR count). The van der Waals surface area contributed by atoms with Crippen LogP contribution >= 0.6 is 0 Å². The lowest BCUT2D eigenvalue weighted by atomic mass is 9.90. The Hall–Kier alpha value is -1.85. The minimum absolute atomic E-state index is 0.103. The molecule has 6 heteroatoms. The van der Waals surface area contributed by atoms with E-state index in [9.17, 15) is 13.6 Å². The van der Waals surface area contributed by atoms with Gasteiger partial charge in [-0.15, -0.1) is 0 Å². The number of aryl methyl sites for hydroxylation is 1. The van der Waals surface area contributed by atoms with E-state index in [-0.39, 0.29) is 5.69 Å². The monoisotopic (exact) mass is 354 g/mol. The molecule has 4 nitrogen and oxygen atoms in total. The van der Waals surface area contributed by atoms with Gasteiger partial charge < -0.3 is 4.74 Å². The number of hydrogen-bond donors (Lipinski definition) is 0. The van der Waals surface area contributed by atoms with E-state index < -0.39 is 17.3 Å². The zero-order valence-corrected chi connectivity index (χ0v) is 15.9. The van der Waals surface area contributed by atoms with E-state index in [0.29, 0.717) is 29.8 Å². The largest absolute Gasteiger partial charge is 0.464 e. The zero-order valence-electron chi connectivity index (χ0n) is 15.9. The number of ether oxygens (including phenoxy) is 1. The minimum atomic E-state index is -2.75. The molecule has 1 saturated carbocycles. The number of esters is 1. The van der Waals surface area contributed by atoms with Gasteiger partial charge in [0, 0.05) is 6.92 Å². The van der Waals surface area contributed by atoms with Crippen molar-refractivity contribution in [2.75, 3.05) is 7.11 Å². The number of allylic oxidation sites excluding steroid dienone is 1. The molecule has 1 heterocycles. The van der Waals surface area contributed by atoms with Crippen molar-refractivity contribution >= 4 is 12.0 Å². The Labute approximate surface area is 148 Å². The van der Waals surface area contributed by atoms with Crippen LogP contribution in [0.25, 0.3) is 6.08 Å². The van der Waals surface area contributed by atoms with Gasteiger partial charge >= 0.3 is 5.97 Å². The summed E-state index contributed by atoms with van der Waals surface area (Å²) in [6.07, 6.45) is 6.52. The van der Waals surface area contributed by atoms with Crippen molar-refractivity contribution < 1.29 is 18.3 Å². The SMILES string of the molecule is CCCC.COC(=O)c1cnc(/C=C(\C)C2(C(C)(F)F)CC2)c(C)n1. The van der Waals surface area contributed by atoms with Crippen LogP contribution in [0.2, 0.25) is 0 Å². The van der Waals surface area contributed by atoms with E-state index in [2.05, 4.69) is 28.6 Å². The zero-order chi connectivity index (χ0) is 19.3. The maximum atomic E-state index is 13.7. The fraction of sp³-hybridized carbons (Fsp3) is 0.632. The molecule has 1 aliphatic rings. The molecule has 1 aromatic rings. The third kappa shape index (κ3) is 5.06. The van der Waals surface area contributed by atoms with E-state index >= 15 is 0 Å². The lowest BCUT2D eigenvalue weighted by Gasteiger charge is -2.24. The minimum Gasteiger partial charge on any atom is -0.464 e. The molecule has 0 saturated heterocycles. The molecule has 0 N–H and O–H groups in total. The van der Waals surface area contributed by atoms with Gasteiger partial charge in [-0.05, 0) is 32.8 Å². The highest BCUT2D eigenvalue weighted by atomic mass is 19.3. The lowest BCUT2D eigenvalue weighted by molar-refractivity contribution is -0.0378. The first-order valence-electron chi connectivity index (χ1n) is 8.61. The number of hydrogen-bond acceptors (Lipinski definition) is 4. The predicted molar refractivity (Wildman–Crippen MR) is 94.6 cm³/mol. The van der Waals surface area contributed by atoms with Crippen LogP contribution in [-0.2, 0) is 4.74 Å². The predicted octanol–water partition coefficient (Wildman–Crippen LogP) is 5.22. The summed E-state index contributed by atoms with van der Waals surface area (Å²) in [5, 5.41) is 0. The van der Waals surface area contributed by atoms with Gasteiger partial charge in [0.15, 0.2) is 5.69 Å². The Kier molecular flexibility index (Phi) is 7.20. The summed E-state index contributed by atoms with van der Waals surface area (Å²) in [5.41, 5.74) is 0.649. The summed E-state index contributed by atoms with van der Waals surface area (Å²) in [6, 6.07) is 0. The standard InChI is InChI=1S/C15H18F2N2O2.C4H10/c1-9(15(5-6-15)14(3,16)17)7-11-10(2)19-12(8-18-11)13(20)21-4;1-3-4-2/h7-8H,5-6H2,1-4H3;3-4H2,1-2H3/b9-7+;. The Morgan fingerprint density at radius 2 is 1.92 bits per heavy atom. The van der Waals surface area contributed by atoms with Crippen LogP contribution in [0.15, 0.2) is 11.8 Å². The molecule has 140 valence electrons. The van der Waals surface area contributed by atoms with Crippen molar-refractivity contribution in [1.29, 1.82) is 0 Å². The summed E-state index contributed by atoms with van der Waals surface area (Å²) in [7, 11) is 1.26. The van der Waals surface area contributed by atoms with Gasteiger partial charge in [-0.3, -0.25) is 4.98 Å². The van der Waals surface area contributed by atoms with Gasteiger partial charge in [0.1, 0.15) is 0 Å². The summed E-state index contributed by atoms with van der Waals surface area (Å²) in [6.45, 7) is 8.69. The van der Waals surface area contributed by atoms with E-state index in [1.165, 1.54) is 26.1 Å². The van der Waals surface area contributed by atoms with Crippen molar-refractivity contribution in [3.63, 3.8) is 0 Å². The van der Waals surface area contributed by atoms with Crippen LogP contribution in [0.3, 0.4) is 0 Å². The number of carbonyl (C=O) groups excluding carboxylic acids is 1. The molecule has 1 fully saturated rings. The number of rotatable bonds is 5. The van der Waals surface area contributed by atoms with Crippen molar-refractivity contribution in [2.45, 2.75) is 66.2 Å². The highest BCUT2D eigenvalue weighted by Gasteiger charge is 2.59. The number of carbonyl (C=O) groups is 1. The van der Waals surface area contributed by atoms with E-state index in [1.54, 1.807) is 19.9 Å². The molecule has 1 aromatic heterocycles. The molecule has 0 spiro atoms. The molecule has 0 amide bonds. The molecule has 0 aliphatic heterocycles. The highest BCUT2D eigenvalue weighted by molar-refractivity contribution is 5.86. The second-order valence-corrected chi connectivity index (χ2v) is 6.52. The fourth-order valence-corrected chi connectivity index (χ4v) is 2.48. The average Bonchev–Trinajstić information content (AvgIpc) is 3.37. The molecular formula is C19H28F2N2O2. The fourth-order valence-electron chi connectivity index (χ4n) is 2.48. The summed E-state index contributed by atoms with van der Waals surface area (Å²) in [4.78, 5) is 19.6. The van der Waals surface area contributed by atoms with Gasteiger partial charge in [0.2, 0.25) is 0 Å². The van der Waals surface area contributed by atoms with Gasteiger partial charge in [0.25, 0.3) is 5.92 Å². The quantitative estimate of drug-likeness (QED) is 0.681. The third-order valence-electron chi connectivity index (χ3n) is 4.58. The Morgan fingerprint density at radius 3 is 2.28 bits per heavy atom. The maximum Gasteiger partial charge on any atom is 0.358 e. The van der Waals surface area contributed by atoms with E-state index in [4.69, 9.17) is 0 Å². The first kappa shape index (κ1) is 21.2. The number of alkyl halides is 2. The number of methoxy groups -OCH3 is 1. The van der Waals surface area contributed by atoms with Crippen LogP contribution in [0.1, 0.15) is 75.3 Å². The van der Waals surface area contributed by atoms with Gasteiger partial charge in [-0.25, -0.2) is 18.6 Å². The smallest absolute Gasteiger partial charge is 0.358 e. The number of unbranched alkanes of at least 4 members (excludes halogenated alkanes) is 1. The second-order valence-electron chi connectivity index (χ2n) is 6.52. The van der Waals surface area contributed by atoms with Crippen molar-refractivity contribution in [3.05, 3.63) is 28.9 Å². The average molecular weight is 354 g/mol. The normalized spacial score (nSPS) is 15.9. The third-order valence-corrected chi connectivity index (χ3v) is 4.58. The van der Waals surface area contributed by atoms with E-state index in [1.807, 2.05) is 0 Å². The lowest BCUT2D eigenvalue weighted by Crippen LogP contribution is -2.27. The molecule has 0 bridgehead atoms. The molecule has 0 unspecified atom stereocenters. The summed E-state index contributed by atoms with van der Waals surface area (Å²) < 4.78 is 32.0. The Balaban J connectivity index is 0.000000705. The summed E-state index contributed by atoms with van der Waals surface area (Å²) in [5.74, 6) is -3.32. The first-order chi connectivity index (χ1) is 11.6. The second kappa shape index (κ2) is 8.50. The van der Waals surface area contributed by atoms with Crippen LogP contribution in [-0.4, -0.2) is 29.0 Å². The molecule has 0 atom stereocenters. The topological polar surface area (TPSA) is 52.1 Å². The molecule has 0 aromatic carbocycles. The Bertz CT molecular complexity index is 631. The first-order valence-corrected chi connectivity index (χ1v) is 8.61. The van der Waals surface area contributed by atoms with Gasteiger partial charge in [-0.2, -0.15) is 0 Å². The number of nitrogens with zero attached hydrogens (tertiary/aromatic N) is 2. The van der Waals surface area contributed by atoms with Gasteiger partial charge in [0.05, 0.1) is 30.1 Å². The van der Waals surface area contributed by atoms with Crippen LogP contribution in [0, 0.1) is 12.3 Å². The maximum absolute atomic E-state index is 13.7. The Morgan fingerprint density at radius 1 is 1.36 bits per heavy atom. The van der Waals surface area contributed by atoms with E-state index in [0.717, 1.165) is 6.92 Å². The van der Waals surface area contributed by atoms with Crippen molar-refractivity contribution in [3.8, 4) is 0 Å².